The fraction of sp³-hybridized carbons (Fsp3) is 0.429. The number of carbonyl (C=O) groups excluding carboxylic acids is 1. The summed E-state index contributed by atoms with van der Waals surface area (Å²) in [5, 5.41) is 6.50. The summed E-state index contributed by atoms with van der Waals surface area (Å²) in [5.41, 5.74) is 1.85. The summed E-state index contributed by atoms with van der Waals surface area (Å²) in [4.78, 5) is 16.3. The molecule has 0 radical (unpaired) electrons. The molecule has 0 aromatic heterocycles. The molecule has 1 saturated heterocycles. The Morgan fingerprint density at radius 1 is 1.42 bits per heavy atom. The van der Waals surface area contributed by atoms with Crippen LogP contribution in [0.4, 0.5) is 0 Å². The maximum atomic E-state index is 11.9. The molecule has 0 spiro atoms. The number of rotatable bonds is 3. The van der Waals surface area contributed by atoms with E-state index in [0.29, 0.717) is 23.4 Å². The highest BCUT2D eigenvalue weighted by Gasteiger charge is 2.29. The Labute approximate surface area is 118 Å². The lowest BCUT2D eigenvalue weighted by atomic mass is 10.1. The fourth-order valence-corrected chi connectivity index (χ4v) is 2.00. The Morgan fingerprint density at radius 3 is 2.79 bits per heavy atom. The molecule has 0 saturated carbocycles. The summed E-state index contributed by atoms with van der Waals surface area (Å²) in [6, 6.07) is 5.23. The van der Waals surface area contributed by atoms with Crippen LogP contribution in [0.25, 0.3) is 0 Å². The SMILES string of the molecule is Cc1ccc(C2NC(=NCC(C)C)NC2=O)cc1Cl. The van der Waals surface area contributed by atoms with Gasteiger partial charge in [-0.15, -0.1) is 0 Å². The van der Waals surface area contributed by atoms with Crippen molar-refractivity contribution in [3.8, 4) is 0 Å². The third kappa shape index (κ3) is 3.26. The maximum Gasteiger partial charge on any atom is 0.253 e. The fourth-order valence-electron chi connectivity index (χ4n) is 1.81. The van der Waals surface area contributed by atoms with Crippen LogP contribution in [0.15, 0.2) is 23.2 Å². The van der Waals surface area contributed by atoms with Crippen molar-refractivity contribution >= 4 is 23.5 Å². The highest BCUT2D eigenvalue weighted by atomic mass is 35.5. The number of carbonyl (C=O) groups is 1. The summed E-state index contributed by atoms with van der Waals surface area (Å²) in [6.45, 7) is 6.78. The lowest BCUT2D eigenvalue weighted by Crippen LogP contribution is -2.26. The molecule has 102 valence electrons. The second-order valence-corrected chi connectivity index (χ2v) is 5.57. The normalized spacial score (nSPS) is 20.8. The largest absolute Gasteiger partial charge is 0.340 e. The molecular formula is C14H18ClN3O. The number of aliphatic imine (C=N–C) groups is 1. The van der Waals surface area contributed by atoms with Gasteiger partial charge in [-0.25, -0.2) is 0 Å². The van der Waals surface area contributed by atoms with Crippen LogP contribution in [-0.4, -0.2) is 18.4 Å². The van der Waals surface area contributed by atoms with E-state index in [-0.39, 0.29) is 5.91 Å². The molecule has 1 fully saturated rings. The summed E-state index contributed by atoms with van der Waals surface area (Å²) in [6.07, 6.45) is 0. The Morgan fingerprint density at radius 2 is 2.16 bits per heavy atom. The van der Waals surface area contributed by atoms with Crippen LogP contribution in [-0.2, 0) is 4.79 Å². The topological polar surface area (TPSA) is 53.5 Å². The van der Waals surface area contributed by atoms with E-state index in [0.717, 1.165) is 11.1 Å². The van der Waals surface area contributed by atoms with Gasteiger partial charge in [0.2, 0.25) is 0 Å². The molecule has 1 aromatic rings. The zero-order chi connectivity index (χ0) is 14.0. The van der Waals surface area contributed by atoms with Crippen molar-refractivity contribution in [2.24, 2.45) is 10.9 Å². The van der Waals surface area contributed by atoms with Crippen molar-refractivity contribution < 1.29 is 4.79 Å². The van der Waals surface area contributed by atoms with E-state index in [1.54, 1.807) is 0 Å². The second kappa shape index (κ2) is 5.61. The van der Waals surface area contributed by atoms with Crippen molar-refractivity contribution in [1.82, 2.24) is 10.6 Å². The van der Waals surface area contributed by atoms with Gasteiger partial charge >= 0.3 is 0 Å². The molecule has 19 heavy (non-hydrogen) atoms. The van der Waals surface area contributed by atoms with Crippen molar-refractivity contribution in [1.29, 1.82) is 0 Å². The number of guanidine groups is 1. The van der Waals surface area contributed by atoms with Crippen molar-refractivity contribution in [3.63, 3.8) is 0 Å². The first-order valence-corrected chi connectivity index (χ1v) is 6.73. The molecule has 1 aliphatic heterocycles. The van der Waals surface area contributed by atoms with Crippen molar-refractivity contribution in [2.45, 2.75) is 26.8 Å². The molecule has 2 rings (SSSR count). The lowest BCUT2D eigenvalue weighted by Gasteiger charge is -2.09. The van der Waals surface area contributed by atoms with Crippen LogP contribution in [0, 0.1) is 12.8 Å². The molecule has 1 atom stereocenters. The van der Waals surface area contributed by atoms with E-state index in [4.69, 9.17) is 11.6 Å². The van der Waals surface area contributed by atoms with Crippen LogP contribution >= 0.6 is 11.6 Å². The highest BCUT2D eigenvalue weighted by molar-refractivity contribution is 6.31. The monoisotopic (exact) mass is 279 g/mol. The van der Waals surface area contributed by atoms with Crippen LogP contribution in [0.2, 0.25) is 5.02 Å². The molecule has 1 amide bonds. The van der Waals surface area contributed by atoms with E-state index in [2.05, 4.69) is 29.5 Å². The maximum absolute atomic E-state index is 11.9. The summed E-state index contributed by atoms with van der Waals surface area (Å²) in [5.74, 6) is 0.905. The van der Waals surface area contributed by atoms with Crippen LogP contribution in [0.5, 0.6) is 0 Å². The first-order chi connectivity index (χ1) is 8.97. The first-order valence-electron chi connectivity index (χ1n) is 6.35. The number of hydrogen-bond donors (Lipinski definition) is 2. The van der Waals surface area contributed by atoms with E-state index in [1.165, 1.54) is 0 Å². The third-order valence-corrected chi connectivity index (χ3v) is 3.34. The smallest absolute Gasteiger partial charge is 0.253 e. The molecule has 5 heteroatoms. The van der Waals surface area contributed by atoms with Gasteiger partial charge < -0.3 is 5.32 Å². The molecule has 0 aliphatic carbocycles. The minimum absolute atomic E-state index is 0.0950. The summed E-state index contributed by atoms with van der Waals surface area (Å²) >= 11 is 6.09. The minimum Gasteiger partial charge on any atom is -0.340 e. The predicted octanol–water partition coefficient (Wildman–Crippen LogP) is 2.42. The lowest BCUT2D eigenvalue weighted by molar-refractivity contribution is -0.120. The van der Waals surface area contributed by atoms with Crippen LogP contribution in [0.3, 0.4) is 0 Å². The molecule has 1 aliphatic rings. The van der Waals surface area contributed by atoms with Gasteiger partial charge in [0, 0.05) is 11.6 Å². The number of hydrogen-bond acceptors (Lipinski definition) is 2. The van der Waals surface area contributed by atoms with Gasteiger partial charge in [-0.2, -0.15) is 0 Å². The number of aryl methyl sites for hydroxylation is 1. The Kier molecular flexibility index (Phi) is 4.10. The van der Waals surface area contributed by atoms with Crippen LogP contribution < -0.4 is 10.6 Å². The van der Waals surface area contributed by atoms with Gasteiger partial charge in [0.05, 0.1) is 0 Å². The van der Waals surface area contributed by atoms with Crippen molar-refractivity contribution in [3.05, 3.63) is 34.3 Å². The van der Waals surface area contributed by atoms with Gasteiger partial charge in [-0.05, 0) is 30.0 Å². The number of benzene rings is 1. The van der Waals surface area contributed by atoms with Gasteiger partial charge in [0.1, 0.15) is 6.04 Å². The van der Waals surface area contributed by atoms with E-state index in [9.17, 15) is 4.79 Å². The van der Waals surface area contributed by atoms with Gasteiger partial charge in [-0.3, -0.25) is 15.1 Å². The molecule has 0 bridgehead atoms. The van der Waals surface area contributed by atoms with E-state index >= 15 is 0 Å². The zero-order valence-corrected chi connectivity index (χ0v) is 12.1. The number of amides is 1. The Hall–Kier alpha value is -1.55. The van der Waals surface area contributed by atoms with Gasteiger partial charge in [-0.1, -0.05) is 37.6 Å². The quantitative estimate of drug-likeness (QED) is 0.893. The standard InChI is InChI=1S/C14H18ClN3O/c1-8(2)7-16-14-17-12(13(19)18-14)10-5-4-9(3)11(15)6-10/h4-6,8,12H,7H2,1-3H3,(H2,16,17,18,19). The predicted molar refractivity (Wildman–Crippen MR) is 77.3 cm³/mol. The Balaban J connectivity index is 2.15. The number of halogens is 1. The first kappa shape index (κ1) is 13.9. The summed E-state index contributed by atoms with van der Waals surface area (Å²) < 4.78 is 0. The van der Waals surface area contributed by atoms with Crippen molar-refractivity contribution in [2.75, 3.05) is 6.54 Å². The average Bonchev–Trinajstić information content (AvgIpc) is 2.72. The average molecular weight is 280 g/mol. The zero-order valence-electron chi connectivity index (χ0n) is 11.3. The molecule has 1 unspecified atom stereocenters. The van der Waals surface area contributed by atoms with Gasteiger partial charge in [0.25, 0.3) is 5.91 Å². The molecule has 4 nitrogen and oxygen atoms in total. The second-order valence-electron chi connectivity index (χ2n) is 5.16. The minimum atomic E-state index is -0.413. The molecule has 1 heterocycles. The number of nitrogens with zero attached hydrogens (tertiary/aromatic N) is 1. The Bertz CT molecular complexity index is 525. The molecule has 1 aromatic carbocycles. The summed E-state index contributed by atoms with van der Waals surface area (Å²) in [7, 11) is 0. The van der Waals surface area contributed by atoms with E-state index in [1.807, 2.05) is 25.1 Å². The number of nitrogens with one attached hydrogen (secondary N) is 2. The van der Waals surface area contributed by atoms with Crippen LogP contribution in [0.1, 0.15) is 31.0 Å². The highest BCUT2D eigenvalue weighted by Crippen LogP contribution is 2.23. The van der Waals surface area contributed by atoms with E-state index < -0.39 is 6.04 Å². The third-order valence-electron chi connectivity index (χ3n) is 2.93. The molecular weight excluding hydrogens is 262 g/mol. The molecule has 2 N–H and O–H groups in total. The van der Waals surface area contributed by atoms with Gasteiger partial charge in [0.15, 0.2) is 5.96 Å².